The van der Waals surface area contributed by atoms with Crippen LogP contribution in [0.3, 0.4) is 0 Å². The van der Waals surface area contributed by atoms with Crippen LogP contribution in [0.2, 0.25) is 0 Å². The molecular weight excluding hydrogens is 354 g/mol. The van der Waals surface area contributed by atoms with E-state index in [9.17, 15) is 0 Å². The minimum absolute atomic E-state index is 0.682. The third kappa shape index (κ3) is 3.27. The van der Waals surface area contributed by atoms with E-state index in [1.165, 1.54) is 5.39 Å². The van der Waals surface area contributed by atoms with Crippen molar-refractivity contribution in [2.75, 3.05) is 0 Å². The first-order valence-corrected chi connectivity index (χ1v) is 9.65. The highest BCUT2D eigenvalue weighted by Gasteiger charge is 2.15. The third-order valence-corrected chi connectivity index (χ3v) is 5.06. The van der Waals surface area contributed by atoms with Gasteiger partial charge in [-0.3, -0.25) is 0 Å². The van der Waals surface area contributed by atoms with E-state index in [-0.39, 0.29) is 0 Å². The third-order valence-electron chi connectivity index (χ3n) is 5.06. The maximum atomic E-state index is 4.89. The number of nitrogens with zero attached hydrogens (tertiary/aromatic N) is 3. The SMILES string of the molecule is Cc1ccc2ccccc2c1-c1nc(-c2ccccc2)nc(-c2ccccc2)n1. The molecule has 5 aromatic rings. The van der Waals surface area contributed by atoms with Gasteiger partial charge in [-0.1, -0.05) is 97.1 Å². The standard InChI is InChI=1S/C26H19N3/c1-18-16-17-19-10-8-9-15-22(19)23(18)26-28-24(20-11-4-2-5-12-20)27-25(29-26)21-13-6-3-7-14-21/h2-17H,1H3. The van der Waals surface area contributed by atoms with Crippen molar-refractivity contribution in [3.8, 4) is 34.2 Å². The van der Waals surface area contributed by atoms with Crippen molar-refractivity contribution in [1.82, 2.24) is 15.0 Å². The molecule has 0 bridgehead atoms. The predicted octanol–water partition coefficient (Wildman–Crippen LogP) is 6.33. The van der Waals surface area contributed by atoms with Crippen LogP contribution < -0.4 is 0 Å². The second-order valence-electron chi connectivity index (χ2n) is 7.02. The quantitative estimate of drug-likeness (QED) is 0.371. The first kappa shape index (κ1) is 17.3. The summed E-state index contributed by atoms with van der Waals surface area (Å²) in [7, 11) is 0. The van der Waals surface area contributed by atoms with Crippen molar-refractivity contribution in [3.63, 3.8) is 0 Å². The lowest BCUT2D eigenvalue weighted by Crippen LogP contribution is -2.01. The summed E-state index contributed by atoms with van der Waals surface area (Å²) in [6.07, 6.45) is 0. The van der Waals surface area contributed by atoms with E-state index in [4.69, 9.17) is 15.0 Å². The van der Waals surface area contributed by atoms with Crippen molar-refractivity contribution in [1.29, 1.82) is 0 Å². The van der Waals surface area contributed by atoms with Crippen LogP contribution in [0.15, 0.2) is 97.1 Å². The Morgan fingerprint density at radius 3 is 1.62 bits per heavy atom. The van der Waals surface area contributed by atoms with Crippen molar-refractivity contribution >= 4 is 10.8 Å². The molecule has 0 atom stereocenters. The van der Waals surface area contributed by atoms with Crippen LogP contribution in [0.25, 0.3) is 44.9 Å². The van der Waals surface area contributed by atoms with E-state index in [2.05, 4.69) is 43.3 Å². The molecule has 0 saturated carbocycles. The minimum Gasteiger partial charge on any atom is -0.208 e. The lowest BCUT2D eigenvalue weighted by Gasteiger charge is -2.12. The van der Waals surface area contributed by atoms with Crippen LogP contribution in [0.4, 0.5) is 0 Å². The molecule has 0 aliphatic rings. The Bertz CT molecular complexity index is 1240. The van der Waals surface area contributed by atoms with Gasteiger partial charge in [-0.05, 0) is 23.3 Å². The normalized spacial score (nSPS) is 10.9. The van der Waals surface area contributed by atoms with E-state index >= 15 is 0 Å². The summed E-state index contributed by atoms with van der Waals surface area (Å²) in [5, 5.41) is 2.33. The molecule has 0 saturated heterocycles. The summed E-state index contributed by atoms with van der Waals surface area (Å²) in [5.41, 5.74) is 4.16. The Balaban J connectivity index is 1.81. The fraction of sp³-hybridized carbons (Fsp3) is 0.0385. The van der Waals surface area contributed by atoms with Gasteiger partial charge >= 0.3 is 0 Å². The Morgan fingerprint density at radius 2 is 1.00 bits per heavy atom. The summed E-state index contributed by atoms with van der Waals surface area (Å²) in [5.74, 6) is 2.07. The van der Waals surface area contributed by atoms with Gasteiger partial charge in [-0.25, -0.2) is 15.0 Å². The van der Waals surface area contributed by atoms with Crippen molar-refractivity contribution in [2.24, 2.45) is 0 Å². The molecule has 0 radical (unpaired) electrons. The van der Waals surface area contributed by atoms with Gasteiger partial charge in [-0.15, -0.1) is 0 Å². The molecule has 0 spiro atoms. The number of hydrogen-bond acceptors (Lipinski definition) is 3. The molecule has 0 amide bonds. The molecular formula is C26H19N3. The molecule has 3 heteroatoms. The zero-order chi connectivity index (χ0) is 19.6. The molecule has 4 aromatic carbocycles. The zero-order valence-corrected chi connectivity index (χ0v) is 16.1. The molecule has 0 N–H and O–H groups in total. The molecule has 3 nitrogen and oxygen atoms in total. The fourth-order valence-corrected chi connectivity index (χ4v) is 3.60. The van der Waals surface area contributed by atoms with Crippen LogP contribution in [0.5, 0.6) is 0 Å². The number of aryl methyl sites for hydroxylation is 1. The number of fused-ring (bicyclic) bond motifs is 1. The molecule has 0 aliphatic carbocycles. The molecule has 0 unspecified atom stereocenters. The minimum atomic E-state index is 0.682. The smallest absolute Gasteiger partial charge is 0.164 e. The second-order valence-corrected chi connectivity index (χ2v) is 7.02. The summed E-state index contributed by atoms with van der Waals surface area (Å²) in [4.78, 5) is 14.6. The van der Waals surface area contributed by atoms with Gasteiger partial charge in [0, 0.05) is 16.7 Å². The number of benzene rings is 4. The van der Waals surface area contributed by atoms with Crippen LogP contribution >= 0.6 is 0 Å². The van der Waals surface area contributed by atoms with E-state index in [0.29, 0.717) is 17.5 Å². The Morgan fingerprint density at radius 1 is 0.483 bits per heavy atom. The molecule has 1 heterocycles. The van der Waals surface area contributed by atoms with Gasteiger partial charge in [0.2, 0.25) is 0 Å². The van der Waals surface area contributed by atoms with Gasteiger partial charge in [0.1, 0.15) is 0 Å². The lowest BCUT2D eigenvalue weighted by molar-refractivity contribution is 1.07. The maximum Gasteiger partial charge on any atom is 0.164 e. The Hall–Kier alpha value is -3.85. The highest BCUT2D eigenvalue weighted by Crippen LogP contribution is 2.32. The number of hydrogen-bond donors (Lipinski definition) is 0. The van der Waals surface area contributed by atoms with Gasteiger partial charge in [0.05, 0.1) is 0 Å². The Labute approximate surface area is 169 Å². The van der Waals surface area contributed by atoms with E-state index in [1.54, 1.807) is 0 Å². The van der Waals surface area contributed by atoms with Crippen LogP contribution in [-0.4, -0.2) is 15.0 Å². The average molecular weight is 373 g/mol. The topological polar surface area (TPSA) is 38.7 Å². The maximum absolute atomic E-state index is 4.89. The molecule has 1 aromatic heterocycles. The summed E-state index contributed by atoms with van der Waals surface area (Å²) in [6.45, 7) is 2.11. The second kappa shape index (κ2) is 7.28. The predicted molar refractivity (Wildman–Crippen MR) is 118 cm³/mol. The van der Waals surface area contributed by atoms with Crippen molar-refractivity contribution in [2.45, 2.75) is 6.92 Å². The molecule has 5 rings (SSSR count). The molecule has 138 valence electrons. The average Bonchev–Trinajstić information content (AvgIpc) is 2.80. The van der Waals surface area contributed by atoms with Gasteiger partial charge in [-0.2, -0.15) is 0 Å². The summed E-state index contributed by atoms with van der Waals surface area (Å²) >= 11 is 0. The highest BCUT2D eigenvalue weighted by atomic mass is 15.0. The molecule has 0 fully saturated rings. The van der Waals surface area contributed by atoms with Gasteiger partial charge < -0.3 is 0 Å². The van der Waals surface area contributed by atoms with E-state index in [0.717, 1.165) is 27.6 Å². The van der Waals surface area contributed by atoms with Crippen LogP contribution in [0.1, 0.15) is 5.56 Å². The largest absolute Gasteiger partial charge is 0.208 e. The molecule has 29 heavy (non-hydrogen) atoms. The summed E-state index contributed by atoms with van der Waals surface area (Å²) in [6, 6.07) is 32.8. The van der Waals surface area contributed by atoms with Gasteiger partial charge in [0.25, 0.3) is 0 Å². The van der Waals surface area contributed by atoms with E-state index in [1.807, 2.05) is 60.7 Å². The first-order chi connectivity index (χ1) is 14.3. The van der Waals surface area contributed by atoms with Crippen LogP contribution in [0, 0.1) is 6.92 Å². The number of aromatic nitrogens is 3. The lowest BCUT2D eigenvalue weighted by atomic mass is 9.99. The first-order valence-electron chi connectivity index (χ1n) is 9.65. The summed E-state index contributed by atoms with van der Waals surface area (Å²) < 4.78 is 0. The fourth-order valence-electron chi connectivity index (χ4n) is 3.60. The van der Waals surface area contributed by atoms with Gasteiger partial charge in [0.15, 0.2) is 17.5 Å². The van der Waals surface area contributed by atoms with Crippen LogP contribution in [-0.2, 0) is 0 Å². The molecule has 0 aliphatic heterocycles. The van der Waals surface area contributed by atoms with Crippen molar-refractivity contribution in [3.05, 3.63) is 103 Å². The Kier molecular flexibility index (Phi) is 4.34. The van der Waals surface area contributed by atoms with E-state index < -0.39 is 0 Å². The number of rotatable bonds is 3. The highest BCUT2D eigenvalue weighted by molar-refractivity contribution is 5.97. The monoisotopic (exact) mass is 373 g/mol. The van der Waals surface area contributed by atoms with Crippen molar-refractivity contribution < 1.29 is 0 Å². The zero-order valence-electron chi connectivity index (χ0n) is 16.1.